The third kappa shape index (κ3) is 4.06. The number of aliphatic hydroxyl groups is 1. The second kappa shape index (κ2) is 6.89. The van der Waals surface area contributed by atoms with E-state index in [1.165, 1.54) is 19.2 Å². The van der Waals surface area contributed by atoms with E-state index in [1.54, 1.807) is 6.07 Å². The van der Waals surface area contributed by atoms with Crippen LogP contribution >= 0.6 is 0 Å². The number of amides is 1. The Morgan fingerprint density at radius 1 is 1.53 bits per heavy atom. The number of hydrogen-bond donors (Lipinski definition) is 2. The van der Waals surface area contributed by atoms with Gasteiger partial charge < -0.3 is 20.5 Å². The minimum atomic E-state index is -2.68. The molecule has 0 aromatic heterocycles. The van der Waals surface area contributed by atoms with E-state index in [9.17, 15) is 13.6 Å². The van der Waals surface area contributed by atoms with Gasteiger partial charge in [0.25, 0.3) is 12.3 Å². The van der Waals surface area contributed by atoms with Gasteiger partial charge >= 0.3 is 0 Å². The summed E-state index contributed by atoms with van der Waals surface area (Å²) in [6.07, 6.45) is -2.68. The predicted octanol–water partition coefficient (Wildman–Crippen LogP) is 0.977. The Bertz CT molecular complexity index is 441. The Kier molecular flexibility index (Phi) is 5.50. The monoisotopic (exact) mass is 274 g/mol. The van der Waals surface area contributed by atoms with Gasteiger partial charge in [0, 0.05) is 12.2 Å². The van der Waals surface area contributed by atoms with Gasteiger partial charge in [-0.05, 0) is 18.2 Å². The quantitative estimate of drug-likeness (QED) is 0.758. The summed E-state index contributed by atoms with van der Waals surface area (Å²) in [5, 5.41) is 8.82. The molecular weight excluding hydrogens is 258 g/mol. The lowest BCUT2D eigenvalue weighted by Gasteiger charge is -2.22. The lowest BCUT2D eigenvalue weighted by atomic mass is 10.1. The van der Waals surface area contributed by atoms with Crippen molar-refractivity contribution in [3.05, 3.63) is 23.8 Å². The summed E-state index contributed by atoms with van der Waals surface area (Å²) >= 11 is 0. The van der Waals surface area contributed by atoms with Gasteiger partial charge in [-0.25, -0.2) is 8.78 Å². The predicted molar refractivity (Wildman–Crippen MR) is 66.4 cm³/mol. The van der Waals surface area contributed by atoms with E-state index >= 15 is 0 Å². The fourth-order valence-electron chi connectivity index (χ4n) is 1.58. The average molecular weight is 274 g/mol. The zero-order chi connectivity index (χ0) is 14.4. The maximum Gasteiger partial charge on any atom is 0.256 e. The number of benzene rings is 1. The molecule has 0 heterocycles. The summed E-state index contributed by atoms with van der Waals surface area (Å²) in [6.45, 7) is -1.34. The summed E-state index contributed by atoms with van der Waals surface area (Å²) in [6, 6.07) is 4.41. The first kappa shape index (κ1) is 15.2. The fraction of sp³-hybridized carbons (Fsp3) is 0.417. The first-order valence-corrected chi connectivity index (χ1v) is 5.61. The number of nitrogens with zero attached hydrogens (tertiary/aromatic N) is 1. The molecule has 0 saturated carbocycles. The fourth-order valence-corrected chi connectivity index (χ4v) is 1.58. The summed E-state index contributed by atoms with van der Waals surface area (Å²) in [5.41, 5.74) is 5.90. The van der Waals surface area contributed by atoms with Crippen molar-refractivity contribution in [1.82, 2.24) is 4.90 Å². The molecule has 0 bridgehead atoms. The molecule has 0 aliphatic heterocycles. The van der Waals surface area contributed by atoms with Crippen LogP contribution in [-0.2, 0) is 0 Å². The van der Waals surface area contributed by atoms with Crippen LogP contribution in [0.3, 0.4) is 0 Å². The molecule has 0 fully saturated rings. The number of rotatable bonds is 6. The van der Waals surface area contributed by atoms with Crippen LogP contribution in [0, 0.1) is 0 Å². The molecule has 1 amide bonds. The number of halogens is 2. The minimum Gasteiger partial charge on any atom is -0.497 e. The Morgan fingerprint density at radius 2 is 2.21 bits per heavy atom. The molecule has 106 valence electrons. The van der Waals surface area contributed by atoms with Gasteiger partial charge in [0.15, 0.2) is 0 Å². The van der Waals surface area contributed by atoms with Gasteiger partial charge in [-0.15, -0.1) is 0 Å². The van der Waals surface area contributed by atoms with Crippen LogP contribution in [0.4, 0.5) is 14.5 Å². The van der Waals surface area contributed by atoms with Crippen LogP contribution < -0.4 is 10.5 Å². The number of alkyl halides is 2. The van der Waals surface area contributed by atoms with Crippen molar-refractivity contribution in [1.29, 1.82) is 0 Å². The Labute approximate surface area is 109 Å². The van der Waals surface area contributed by atoms with Gasteiger partial charge in [0.1, 0.15) is 5.75 Å². The highest BCUT2D eigenvalue weighted by Crippen LogP contribution is 2.21. The second-order valence-corrected chi connectivity index (χ2v) is 3.82. The average Bonchev–Trinajstić information content (AvgIpc) is 2.37. The van der Waals surface area contributed by atoms with Gasteiger partial charge in [-0.3, -0.25) is 4.79 Å². The largest absolute Gasteiger partial charge is 0.497 e. The molecule has 3 N–H and O–H groups in total. The van der Waals surface area contributed by atoms with Gasteiger partial charge in [-0.2, -0.15) is 0 Å². The number of methoxy groups -OCH3 is 1. The Balaban J connectivity index is 3.01. The van der Waals surface area contributed by atoms with E-state index < -0.39 is 25.5 Å². The molecule has 0 radical (unpaired) electrons. The van der Waals surface area contributed by atoms with Crippen LogP contribution in [0.2, 0.25) is 0 Å². The van der Waals surface area contributed by atoms with Crippen molar-refractivity contribution in [3.8, 4) is 5.75 Å². The summed E-state index contributed by atoms with van der Waals surface area (Å²) < 4.78 is 29.8. The molecule has 7 heteroatoms. The first-order chi connectivity index (χ1) is 8.99. The molecule has 1 aromatic carbocycles. The molecule has 0 aliphatic rings. The number of nitrogen functional groups attached to an aromatic ring is 1. The van der Waals surface area contributed by atoms with Crippen molar-refractivity contribution in [2.45, 2.75) is 6.43 Å². The summed E-state index contributed by atoms with van der Waals surface area (Å²) in [5.74, 6) is -0.260. The highest BCUT2D eigenvalue weighted by molar-refractivity contribution is 5.99. The van der Waals surface area contributed by atoms with Gasteiger partial charge in [0.2, 0.25) is 0 Å². The number of aliphatic hydroxyl groups excluding tert-OH is 1. The zero-order valence-electron chi connectivity index (χ0n) is 10.5. The van der Waals surface area contributed by atoms with E-state index in [0.717, 1.165) is 4.90 Å². The van der Waals surface area contributed by atoms with Crippen LogP contribution in [0.15, 0.2) is 18.2 Å². The molecule has 0 saturated heterocycles. The molecule has 5 nitrogen and oxygen atoms in total. The maximum absolute atomic E-state index is 12.4. The Morgan fingerprint density at radius 3 is 2.74 bits per heavy atom. The highest BCUT2D eigenvalue weighted by atomic mass is 19.3. The summed E-state index contributed by atoms with van der Waals surface area (Å²) in [4.78, 5) is 13.0. The van der Waals surface area contributed by atoms with E-state index in [4.69, 9.17) is 15.6 Å². The molecule has 1 rings (SSSR count). The van der Waals surface area contributed by atoms with Crippen molar-refractivity contribution in [2.24, 2.45) is 0 Å². The number of nitrogens with two attached hydrogens (primary N) is 1. The maximum atomic E-state index is 12.4. The van der Waals surface area contributed by atoms with Crippen molar-refractivity contribution >= 4 is 11.6 Å². The van der Waals surface area contributed by atoms with Crippen LogP contribution in [0.25, 0.3) is 0 Å². The smallest absolute Gasteiger partial charge is 0.256 e. The SMILES string of the molecule is COc1ccc(N)c(C(=O)N(CCO)CC(F)F)c1. The zero-order valence-corrected chi connectivity index (χ0v) is 10.5. The van der Waals surface area contributed by atoms with E-state index in [1.807, 2.05) is 0 Å². The number of ether oxygens (including phenoxy) is 1. The third-order valence-corrected chi connectivity index (χ3v) is 2.51. The third-order valence-electron chi connectivity index (χ3n) is 2.51. The molecule has 19 heavy (non-hydrogen) atoms. The molecule has 0 spiro atoms. The van der Waals surface area contributed by atoms with Crippen molar-refractivity contribution in [3.63, 3.8) is 0 Å². The topological polar surface area (TPSA) is 75.8 Å². The molecule has 0 unspecified atom stereocenters. The van der Waals surface area contributed by atoms with E-state index in [2.05, 4.69) is 0 Å². The molecule has 0 atom stereocenters. The second-order valence-electron chi connectivity index (χ2n) is 3.82. The van der Waals surface area contributed by atoms with Crippen LogP contribution in [0.1, 0.15) is 10.4 Å². The normalized spacial score (nSPS) is 10.6. The van der Waals surface area contributed by atoms with Gasteiger partial charge in [0.05, 0.1) is 25.8 Å². The van der Waals surface area contributed by atoms with Crippen LogP contribution in [0.5, 0.6) is 5.75 Å². The summed E-state index contributed by atoms with van der Waals surface area (Å²) in [7, 11) is 1.42. The number of hydrogen-bond acceptors (Lipinski definition) is 4. The molecular formula is C12H16F2N2O3. The number of anilines is 1. The Hall–Kier alpha value is -1.89. The standard InChI is InChI=1S/C12H16F2N2O3/c1-19-8-2-3-10(15)9(6-8)12(18)16(4-5-17)7-11(13)14/h2-3,6,11,17H,4-5,7,15H2,1H3. The number of carbonyl (C=O) groups excluding carboxylic acids is 1. The highest BCUT2D eigenvalue weighted by Gasteiger charge is 2.21. The van der Waals surface area contributed by atoms with Gasteiger partial charge in [-0.1, -0.05) is 0 Å². The van der Waals surface area contributed by atoms with Crippen LogP contribution in [-0.4, -0.2) is 49.1 Å². The lowest BCUT2D eigenvalue weighted by Crippen LogP contribution is -2.37. The van der Waals surface area contributed by atoms with E-state index in [0.29, 0.717) is 5.75 Å². The van der Waals surface area contributed by atoms with Crippen molar-refractivity contribution in [2.75, 3.05) is 32.5 Å². The molecule has 0 aliphatic carbocycles. The van der Waals surface area contributed by atoms with E-state index in [-0.39, 0.29) is 17.8 Å². The van der Waals surface area contributed by atoms with Crippen molar-refractivity contribution < 1.29 is 23.4 Å². The lowest BCUT2D eigenvalue weighted by molar-refractivity contribution is 0.0510. The molecule has 1 aromatic rings. The number of carbonyl (C=O) groups is 1. The first-order valence-electron chi connectivity index (χ1n) is 5.61. The minimum absolute atomic E-state index is 0.0773.